The molecular formula is C15H15FN2O3S2. The van der Waals surface area contributed by atoms with E-state index in [1.165, 1.54) is 23.9 Å². The molecule has 2 saturated heterocycles. The number of hydrogen-bond acceptors (Lipinski definition) is 4. The van der Waals surface area contributed by atoms with Crippen LogP contribution in [0.15, 0.2) is 29.3 Å². The molecule has 0 bridgehead atoms. The van der Waals surface area contributed by atoms with Crippen LogP contribution in [0.2, 0.25) is 0 Å². The first kappa shape index (κ1) is 15.1. The summed E-state index contributed by atoms with van der Waals surface area (Å²) in [6.07, 6.45) is 1.75. The van der Waals surface area contributed by atoms with Crippen LogP contribution in [0.3, 0.4) is 0 Å². The highest BCUT2D eigenvalue weighted by Gasteiger charge is 2.49. The standard InChI is InChI=1S/C15H15FN2O3S2/c16-10-3-5-11(6-4-10)18-12-7-23(20,21)8-13(12)22-15(18)17-14(19)9-1-2-9/h3-6,9,12-13H,1-2,7-8H2. The quantitative estimate of drug-likeness (QED) is 0.811. The van der Waals surface area contributed by atoms with E-state index in [4.69, 9.17) is 0 Å². The van der Waals surface area contributed by atoms with Crippen molar-refractivity contribution in [2.45, 2.75) is 24.1 Å². The Morgan fingerprint density at radius 3 is 2.57 bits per heavy atom. The summed E-state index contributed by atoms with van der Waals surface area (Å²) in [4.78, 5) is 18.1. The van der Waals surface area contributed by atoms with E-state index in [1.807, 2.05) is 0 Å². The van der Waals surface area contributed by atoms with Crippen molar-refractivity contribution in [3.63, 3.8) is 0 Å². The molecule has 8 heteroatoms. The summed E-state index contributed by atoms with van der Waals surface area (Å²) in [7, 11) is -3.09. The van der Waals surface area contributed by atoms with Crippen LogP contribution in [0, 0.1) is 11.7 Å². The van der Waals surface area contributed by atoms with Gasteiger partial charge in [0.25, 0.3) is 5.91 Å². The molecular weight excluding hydrogens is 339 g/mol. The Balaban J connectivity index is 1.71. The minimum absolute atomic E-state index is 0.0161. The topological polar surface area (TPSA) is 66.8 Å². The Labute approximate surface area is 137 Å². The molecule has 1 aromatic rings. The molecule has 1 amide bonds. The number of rotatable bonds is 2. The molecule has 122 valence electrons. The maximum absolute atomic E-state index is 13.2. The average Bonchev–Trinajstić information content (AvgIpc) is 3.22. The predicted octanol–water partition coefficient (Wildman–Crippen LogP) is 1.84. The number of amidine groups is 1. The normalized spacial score (nSPS) is 30.7. The van der Waals surface area contributed by atoms with Gasteiger partial charge in [-0.05, 0) is 37.1 Å². The molecule has 1 saturated carbocycles. The van der Waals surface area contributed by atoms with Crippen LogP contribution in [0.25, 0.3) is 0 Å². The minimum Gasteiger partial charge on any atom is -0.316 e. The Morgan fingerprint density at radius 2 is 1.91 bits per heavy atom. The van der Waals surface area contributed by atoms with Gasteiger partial charge >= 0.3 is 0 Å². The molecule has 0 spiro atoms. The summed E-state index contributed by atoms with van der Waals surface area (Å²) in [5.74, 6) is -0.344. The number of amides is 1. The number of fused-ring (bicyclic) bond motifs is 1. The van der Waals surface area contributed by atoms with E-state index in [-0.39, 0.29) is 40.4 Å². The van der Waals surface area contributed by atoms with Gasteiger partial charge in [0, 0.05) is 16.9 Å². The van der Waals surface area contributed by atoms with Crippen molar-refractivity contribution in [1.29, 1.82) is 0 Å². The van der Waals surface area contributed by atoms with Crippen LogP contribution in [0.4, 0.5) is 10.1 Å². The second-order valence-corrected chi connectivity index (χ2v) is 9.51. The van der Waals surface area contributed by atoms with E-state index < -0.39 is 9.84 Å². The molecule has 0 radical (unpaired) electrons. The predicted molar refractivity (Wildman–Crippen MR) is 87.9 cm³/mol. The first-order valence-electron chi connectivity index (χ1n) is 7.47. The fourth-order valence-electron chi connectivity index (χ4n) is 2.98. The van der Waals surface area contributed by atoms with Gasteiger partial charge in [0.1, 0.15) is 5.82 Å². The highest BCUT2D eigenvalue weighted by atomic mass is 32.2. The molecule has 3 fully saturated rings. The van der Waals surface area contributed by atoms with Gasteiger partial charge in [0.15, 0.2) is 15.0 Å². The average molecular weight is 354 g/mol. The number of halogens is 1. The SMILES string of the molecule is O=C(N=C1SC2CS(=O)(=O)CC2N1c1ccc(F)cc1)C1CC1. The third-order valence-electron chi connectivity index (χ3n) is 4.30. The van der Waals surface area contributed by atoms with Gasteiger partial charge in [0.2, 0.25) is 0 Å². The van der Waals surface area contributed by atoms with Gasteiger partial charge in [0.05, 0.1) is 17.5 Å². The van der Waals surface area contributed by atoms with E-state index in [2.05, 4.69) is 4.99 Å². The fourth-order valence-corrected chi connectivity index (χ4v) is 6.90. The molecule has 5 nitrogen and oxygen atoms in total. The monoisotopic (exact) mass is 354 g/mol. The largest absolute Gasteiger partial charge is 0.316 e. The van der Waals surface area contributed by atoms with E-state index in [0.717, 1.165) is 12.8 Å². The van der Waals surface area contributed by atoms with Gasteiger partial charge in [-0.1, -0.05) is 11.8 Å². The maximum atomic E-state index is 13.2. The molecule has 2 heterocycles. The lowest BCUT2D eigenvalue weighted by Gasteiger charge is -2.24. The van der Waals surface area contributed by atoms with Gasteiger partial charge < -0.3 is 4.90 Å². The van der Waals surface area contributed by atoms with Crippen molar-refractivity contribution in [2.24, 2.45) is 10.9 Å². The van der Waals surface area contributed by atoms with Crippen LogP contribution < -0.4 is 4.90 Å². The number of aliphatic imine (C=N–C) groups is 1. The Morgan fingerprint density at radius 1 is 1.22 bits per heavy atom. The Hall–Kier alpha value is -1.41. The first-order valence-corrected chi connectivity index (χ1v) is 10.2. The zero-order valence-electron chi connectivity index (χ0n) is 12.2. The van der Waals surface area contributed by atoms with E-state index in [1.54, 1.807) is 17.0 Å². The zero-order chi connectivity index (χ0) is 16.2. The minimum atomic E-state index is -3.09. The molecule has 1 aromatic carbocycles. The summed E-state index contributed by atoms with van der Waals surface area (Å²) in [5, 5.41) is 0.411. The number of carbonyl (C=O) groups is 1. The third-order valence-corrected chi connectivity index (χ3v) is 7.51. The summed E-state index contributed by atoms with van der Waals surface area (Å²) in [6.45, 7) is 0. The number of anilines is 1. The second kappa shape index (κ2) is 5.31. The number of nitrogens with zero attached hydrogens (tertiary/aromatic N) is 2. The van der Waals surface area contributed by atoms with Crippen LogP contribution in [-0.4, -0.2) is 42.3 Å². The third kappa shape index (κ3) is 2.89. The lowest BCUT2D eigenvalue weighted by Crippen LogP contribution is -2.37. The van der Waals surface area contributed by atoms with Gasteiger partial charge in [-0.15, -0.1) is 0 Å². The van der Waals surface area contributed by atoms with Crippen LogP contribution in [0.1, 0.15) is 12.8 Å². The van der Waals surface area contributed by atoms with Gasteiger partial charge in [-0.3, -0.25) is 4.79 Å². The molecule has 2 aliphatic heterocycles. The molecule has 2 atom stereocenters. The van der Waals surface area contributed by atoms with Crippen molar-refractivity contribution in [2.75, 3.05) is 16.4 Å². The molecule has 23 heavy (non-hydrogen) atoms. The highest BCUT2D eigenvalue weighted by molar-refractivity contribution is 8.16. The zero-order valence-corrected chi connectivity index (χ0v) is 13.8. The summed E-state index contributed by atoms with van der Waals surface area (Å²) >= 11 is 1.35. The number of hydrogen-bond donors (Lipinski definition) is 0. The number of sulfone groups is 1. The van der Waals surface area contributed by atoms with Crippen molar-refractivity contribution in [1.82, 2.24) is 0 Å². The molecule has 4 rings (SSSR count). The maximum Gasteiger partial charge on any atom is 0.251 e. The van der Waals surface area contributed by atoms with Crippen molar-refractivity contribution in [3.8, 4) is 0 Å². The van der Waals surface area contributed by atoms with Crippen LogP contribution >= 0.6 is 11.8 Å². The van der Waals surface area contributed by atoms with Crippen molar-refractivity contribution < 1.29 is 17.6 Å². The van der Waals surface area contributed by atoms with Gasteiger partial charge in [-0.25, -0.2) is 12.8 Å². The number of carbonyl (C=O) groups excluding carboxylic acids is 1. The van der Waals surface area contributed by atoms with Crippen molar-refractivity contribution in [3.05, 3.63) is 30.1 Å². The Kier molecular flexibility index (Phi) is 3.49. The smallest absolute Gasteiger partial charge is 0.251 e. The number of thioether (sulfide) groups is 1. The van der Waals surface area contributed by atoms with E-state index in [0.29, 0.717) is 10.9 Å². The Bertz CT molecular complexity index is 787. The lowest BCUT2D eigenvalue weighted by molar-refractivity contribution is -0.118. The van der Waals surface area contributed by atoms with Crippen molar-refractivity contribution >= 4 is 38.4 Å². The molecule has 0 N–H and O–H groups in total. The van der Waals surface area contributed by atoms with Crippen LogP contribution in [0.5, 0.6) is 0 Å². The molecule has 0 aromatic heterocycles. The summed E-state index contributed by atoms with van der Waals surface area (Å²) in [6, 6.07) is 5.61. The van der Waals surface area contributed by atoms with Crippen LogP contribution in [-0.2, 0) is 14.6 Å². The number of benzene rings is 1. The fraction of sp³-hybridized carbons (Fsp3) is 0.467. The van der Waals surface area contributed by atoms with E-state index >= 15 is 0 Å². The van der Waals surface area contributed by atoms with Gasteiger partial charge in [-0.2, -0.15) is 4.99 Å². The second-order valence-electron chi connectivity index (χ2n) is 6.15. The summed E-state index contributed by atoms with van der Waals surface area (Å²) < 4.78 is 37.0. The molecule has 1 aliphatic carbocycles. The van der Waals surface area contributed by atoms with E-state index in [9.17, 15) is 17.6 Å². The first-order chi connectivity index (χ1) is 10.9. The lowest BCUT2D eigenvalue weighted by atomic mass is 10.2. The molecule has 2 unspecified atom stereocenters. The molecule has 3 aliphatic rings. The summed E-state index contributed by atoms with van der Waals surface area (Å²) in [5.41, 5.74) is 0.672. The highest BCUT2D eigenvalue weighted by Crippen LogP contribution is 2.41.